The van der Waals surface area contributed by atoms with Crippen molar-refractivity contribution in [2.45, 2.75) is 13.8 Å². The van der Waals surface area contributed by atoms with Crippen molar-refractivity contribution in [3.05, 3.63) is 12.7 Å². The highest BCUT2D eigenvalue weighted by Gasteiger charge is 2.26. The smallest absolute Gasteiger partial charge is 0.330 e. The van der Waals surface area contributed by atoms with Crippen LogP contribution in [0.3, 0.4) is 0 Å². The molecule has 0 aliphatic carbocycles. The van der Waals surface area contributed by atoms with E-state index in [0.29, 0.717) is 0 Å². The van der Waals surface area contributed by atoms with Crippen LogP contribution < -0.4 is 0 Å². The molecule has 5 nitrogen and oxygen atoms in total. The zero-order valence-corrected chi connectivity index (χ0v) is 9.00. The molecule has 1 N–H and O–H groups in total. The summed E-state index contributed by atoms with van der Waals surface area (Å²) >= 11 is 0. The fourth-order valence-corrected chi connectivity index (χ4v) is 1.93. The van der Waals surface area contributed by atoms with Gasteiger partial charge in [0.2, 0.25) is 0 Å². The summed E-state index contributed by atoms with van der Waals surface area (Å²) in [6.07, 6.45) is 0.990. The molecule has 0 aromatic carbocycles. The van der Waals surface area contributed by atoms with Crippen LogP contribution >= 0.6 is 0 Å². The SMILES string of the molecule is C=CC(=O)OCC(C)(C)CS(=O)(=O)O. The van der Waals surface area contributed by atoms with Crippen molar-refractivity contribution >= 4 is 16.1 Å². The van der Waals surface area contributed by atoms with Gasteiger partial charge in [0.1, 0.15) is 0 Å². The van der Waals surface area contributed by atoms with Gasteiger partial charge in [-0.2, -0.15) is 8.42 Å². The van der Waals surface area contributed by atoms with E-state index in [-0.39, 0.29) is 6.61 Å². The summed E-state index contributed by atoms with van der Waals surface area (Å²) in [4.78, 5) is 10.7. The third-order valence-electron chi connectivity index (χ3n) is 1.34. The van der Waals surface area contributed by atoms with Crippen molar-refractivity contribution in [3.63, 3.8) is 0 Å². The molecule has 0 unspecified atom stereocenters. The first-order valence-electron chi connectivity index (χ1n) is 3.91. The Bertz CT molecular complexity index is 315. The average Bonchev–Trinajstić information content (AvgIpc) is 1.96. The predicted octanol–water partition coefficient (Wildman–Crippen LogP) is 0.630. The molecule has 0 heterocycles. The summed E-state index contributed by atoms with van der Waals surface area (Å²) in [5.74, 6) is -1.07. The molecule has 0 aliphatic rings. The highest BCUT2D eigenvalue weighted by molar-refractivity contribution is 7.85. The molecule has 0 aliphatic heterocycles. The quantitative estimate of drug-likeness (QED) is 0.419. The van der Waals surface area contributed by atoms with E-state index in [4.69, 9.17) is 4.55 Å². The van der Waals surface area contributed by atoms with Crippen LogP contribution in [0.15, 0.2) is 12.7 Å². The fraction of sp³-hybridized carbons (Fsp3) is 0.625. The van der Waals surface area contributed by atoms with Gasteiger partial charge in [0.15, 0.2) is 0 Å². The zero-order valence-electron chi connectivity index (χ0n) is 8.19. The second kappa shape index (κ2) is 4.56. The van der Waals surface area contributed by atoms with Gasteiger partial charge < -0.3 is 4.74 Å². The van der Waals surface area contributed by atoms with E-state index in [9.17, 15) is 13.2 Å². The van der Waals surface area contributed by atoms with Crippen molar-refractivity contribution in [2.24, 2.45) is 5.41 Å². The van der Waals surface area contributed by atoms with Crippen LogP contribution in [0.1, 0.15) is 13.8 Å². The monoisotopic (exact) mass is 222 g/mol. The Balaban J connectivity index is 4.21. The molecule has 0 fully saturated rings. The Morgan fingerprint density at radius 2 is 2.07 bits per heavy atom. The van der Waals surface area contributed by atoms with E-state index < -0.39 is 27.3 Å². The molecule has 6 heteroatoms. The second-order valence-corrected chi connectivity index (χ2v) is 5.15. The van der Waals surface area contributed by atoms with E-state index in [1.54, 1.807) is 13.8 Å². The Morgan fingerprint density at radius 1 is 1.57 bits per heavy atom. The molecular formula is C8H14O5S. The summed E-state index contributed by atoms with van der Waals surface area (Å²) in [5, 5.41) is 0. The number of rotatable bonds is 5. The predicted molar refractivity (Wildman–Crippen MR) is 51.4 cm³/mol. The Morgan fingerprint density at radius 3 is 2.43 bits per heavy atom. The zero-order chi connectivity index (χ0) is 11.4. The largest absolute Gasteiger partial charge is 0.462 e. The third-order valence-corrected chi connectivity index (χ3v) is 2.49. The van der Waals surface area contributed by atoms with Crippen molar-refractivity contribution in [2.75, 3.05) is 12.4 Å². The van der Waals surface area contributed by atoms with Crippen LogP contribution in [-0.4, -0.2) is 31.3 Å². The summed E-state index contributed by atoms with van der Waals surface area (Å²) in [5.41, 5.74) is -0.813. The van der Waals surface area contributed by atoms with Crippen LogP contribution in [-0.2, 0) is 19.6 Å². The number of ether oxygens (including phenoxy) is 1. The van der Waals surface area contributed by atoms with E-state index in [2.05, 4.69) is 11.3 Å². The molecule has 0 radical (unpaired) electrons. The van der Waals surface area contributed by atoms with Gasteiger partial charge in [0.25, 0.3) is 10.1 Å². The Kier molecular flexibility index (Phi) is 4.28. The molecule has 0 atom stereocenters. The minimum Gasteiger partial charge on any atom is -0.462 e. The van der Waals surface area contributed by atoms with Crippen LogP contribution in [0, 0.1) is 5.41 Å². The van der Waals surface area contributed by atoms with Gasteiger partial charge in [-0.15, -0.1) is 0 Å². The Labute approximate surface area is 83.5 Å². The fourth-order valence-electron chi connectivity index (χ4n) is 0.861. The maximum Gasteiger partial charge on any atom is 0.330 e. The highest BCUT2D eigenvalue weighted by Crippen LogP contribution is 2.17. The van der Waals surface area contributed by atoms with Gasteiger partial charge in [-0.25, -0.2) is 4.79 Å². The van der Waals surface area contributed by atoms with Crippen molar-refractivity contribution < 1.29 is 22.5 Å². The molecule has 0 saturated carbocycles. The normalized spacial score (nSPS) is 12.2. The second-order valence-electron chi connectivity index (χ2n) is 3.70. The lowest BCUT2D eigenvalue weighted by molar-refractivity contribution is -0.140. The molecule has 0 aromatic rings. The van der Waals surface area contributed by atoms with Crippen LogP contribution in [0.2, 0.25) is 0 Å². The molecule has 82 valence electrons. The minimum absolute atomic E-state index is 0.0857. The maximum atomic E-state index is 10.7. The van der Waals surface area contributed by atoms with Gasteiger partial charge >= 0.3 is 5.97 Å². The number of hydrogen-bond donors (Lipinski definition) is 1. The summed E-state index contributed by atoms with van der Waals surface area (Å²) in [6, 6.07) is 0. The van der Waals surface area contributed by atoms with Gasteiger partial charge in [0, 0.05) is 11.5 Å². The lowest BCUT2D eigenvalue weighted by atomic mass is 9.98. The summed E-state index contributed by atoms with van der Waals surface area (Å²) in [7, 11) is -4.05. The molecule has 0 amide bonds. The average molecular weight is 222 g/mol. The van der Waals surface area contributed by atoms with E-state index >= 15 is 0 Å². The lowest BCUT2D eigenvalue weighted by Crippen LogP contribution is -2.29. The first kappa shape index (κ1) is 13.1. The molecule has 0 bridgehead atoms. The van der Waals surface area contributed by atoms with Gasteiger partial charge in [-0.3, -0.25) is 4.55 Å². The van der Waals surface area contributed by atoms with Gasteiger partial charge in [-0.1, -0.05) is 20.4 Å². The van der Waals surface area contributed by atoms with E-state index in [1.165, 1.54) is 0 Å². The first-order valence-corrected chi connectivity index (χ1v) is 5.51. The number of carbonyl (C=O) groups excluding carboxylic acids is 1. The number of hydrogen-bond acceptors (Lipinski definition) is 4. The minimum atomic E-state index is -4.05. The lowest BCUT2D eigenvalue weighted by Gasteiger charge is -2.21. The topological polar surface area (TPSA) is 80.7 Å². The highest BCUT2D eigenvalue weighted by atomic mass is 32.2. The summed E-state index contributed by atoms with van der Waals surface area (Å²) < 4.78 is 34.4. The maximum absolute atomic E-state index is 10.7. The van der Waals surface area contributed by atoms with Crippen molar-refractivity contribution in [1.82, 2.24) is 0 Å². The number of esters is 1. The summed E-state index contributed by atoms with van der Waals surface area (Å²) in [6.45, 7) is 6.24. The number of carbonyl (C=O) groups is 1. The molecule has 0 rings (SSSR count). The standard InChI is InChI=1S/C8H14O5S/c1-4-7(9)13-5-8(2,3)6-14(10,11)12/h4H,1,5-6H2,2-3H3,(H,10,11,12). The molecule has 0 aromatic heterocycles. The Hall–Kier alpha value is -0.880. The van der Waals surface area contributed by atoms with Crippen LogP contribution in [0.25, 0.3) is 0 Å². The third kappa shape index (κ3) is 6.62. The van der Waals surface area contributed by atoms with E-state index in [1.807, 2.05) is 0 Å². The molecule has 14 heavy (non-hydrogen) atoms. The molecular weight excluding hydrogens is 208 g/mol. The van der Waals surface area contributed by atoms with Crippen LogP contribution in [0.5, 0.6) is 0 Å². The van der Waals surface area contributed by atoms with Gasteiger partial charge in [-0.05, 0) is 0 Å². The molecule has 0 spiro atoms. The van der Waals surface area contributed by atoms with Gasteiger partial charge in [0.05, 0.1) is 12.4 Å². The first-order chi connectivity index (χ1) is 6.16. The molecule has 0 saturated heterocycles. The van der Waals surface area contributed by atoms with E-state index in [0.717, 1.165) is 6.08 Å². The van der Waals surface area contributed by atoms with Crippen LogP contribution in [0.4, 0.5) is 0 Å². The van der Waals surface area contributed by atoms with Crippen molar-refractivity contribution in [3.8, 4) is 0 Å². The van der Waals surface area contributed by atoms with Crippen molar-refractivity contribution in [1.29, 1.82) is 0 Å².